The Kier molecular flexibility index (Phi) is 3.80. The monoisotopic (exact) mass is 246 g/mol. The van der Waals surface area contributed by atoms with E-state index >= 15 is 0 Å². The topological polar surface area (TPSA) is 71.3 Å². The zero-order valence-electron chi connectivity index (χ0n) is 10.1. The summed E-state index contributed by atoms with van der Waals surface area (Å²) in [6.07, 6.45) is -0.0801. The van der Waals surface area contributed by atoms with Gasteiger partial charge in [0.25, 0.3) is 0 Å². The zero-order valence-corrected chi connectivity index (χ0v) is 10.1. The van der Waals surface area contributed by atoms with Gasteiger partial charge >= 0.3 is 6.09 Å². The number of carbonyl (C=O) groups is 1. The molecule has 1 aliphatic heterocycles. The number of alkyl carbamates (subject to hydrolysis) is 1. The Morgan fingerprint density at radius 3 is 3.22 bits per heavy atom. The van der Waals surface area contributed by atoms with Crippen molar-refractivity contribution in [2.75, 3.05) is 20.3 Å². The zero-order chi connectivity index (χ0) is 13.0. The number of nitriles is 1. The normalized spacial score (nSPS) is 17.4. The number of fused-ring (bicyclic) bond motifs is 1. The van der Waals surface area contributed by atoms with Gasteiger partial charge in [0.15, 0.2) is 0 Å². The highest BCUT2D eigenvalue weighted by atomic mass is 16.6. The number of ether oxygens (including phenoxy) is 2. The van der Waals surface area contributed by atoms with Crippen molar-refractivity contribution >= 4 is 6.09 Å². The van der Waals surface area contributed by atoms with Crippen molar-refractivity contribution < 1.29 is 14.3 Å². The number of rotatable bonds is 2. The first-order chi connectivity index (χ1) is 8.76. The number of benzene rings is 1. The summed E-state index contributed by atoms with van der Waals surface area (Å²) in [6, 6.07) is 7.74. The Morgan fingerprint density at radius 2 is 2.50 bits per heavy atom. The number of nitrogens with zero attached hydrogens (tertiary/aromatic N) is 1. The molecule has 1 aliphatic rings. The third-order valence-electron chi connectivity index (χ3n) is 2.90. The first-order valence-corrected chi connectivity index (χ1v) is 5.74. The van der Waals surface area contributed by atoms with Crippen LogP contribution in [-0.2, 0) is 15.9 Å². The molecular formula is C13H14N2O3. The average molecular weight is 246 g/mol. The quantitative estimate of drug-likeness (QED) is 0.859. The number of nitrogens with one attached hydrogen (secondary N) is 1. The molecule has 94 valence electrons. The molecule has 0 bridgehead atoms. The average Bonchev–Trinajstić information content (AvgIpc) is 2.43. The third-order valence-corrected chi connectivity index (χ3v) is 2.90. The molecule has 18 heavy (non-hydrogen) atoms. The van der Waals surface area contributed by atoms with Gasteiger partial charge in [-0.25, -0.2) is 4.79 Å². The number of hydrogen-bond acceptors (Lipinski definition) is 4. The Labute approximate surface area is 105 Å². The lowest BCUT2D eigenvalue weighted by molar-refractivity contribution is -0.00375. The SMILES string of the molecule is CNC(=O)OCC1OCCc2cccc(C#N)c21. The van der Waals surface area contributed by atoms with Crippen molar-refractivity contribution in [3.05, 3.63) is 34.9 Å². The summed E-state index contributed by atoms with van der Waals surface area (Å²) in [7, 11) is 1.50. The van der Waals surface area contributed by atoms with Crippen molar-refractivity contribution in [1.82, 2.24) is 5.32 Å². The van der Waals surface area contributed by atoms with Crippen molar-refractivity contribution in [3.63, 3.8) is 0 Å². The van der Waals surface area contributed by atoms with E-state index in [-0.39, 0.29) is 12.7 Å². The second-order valence-corrected chi connectivity index (χ2v) is 3.95. The minimum atomic E-state index is -0.500. The minimum Gasteiger partial charge on any atom is -0.446 e. The highest BCUT2D eigenvalue weighted by Gasteiger charge is 2.25. The molecule has 1 atom stereocenters. The molecular weight excluding hydrogens is 232 g/mol. The molecule has 0 saturated carbocycles. The number of carbonyl (C=O) groups excluding carboxylic acids is 1. The smallest absolute Gasteiger partial charge is 0.406 e. The molecule has 0 spiro atoms. The fourth-order valence-electron chi connectivity index (χ4n) is 2.06. The summed E-state index contributed by atoms with van der Waals surface area (Å²) in [4.78, 5) is 11.1. The van der Waals surface area contributed by atoms with E-state index in [1.165, 1.54) is 7.05 Å². The summed E-state index contributed by atoms with van der Waals surface area (Å²) < 4.78 is 10.6. The lowest BCUT2D eigenvalue weighted by Crippen LogP contribution is -2.26. The van der Waals surface area contributed by atoms with Gasteiger partial charge in [-0.1, -0.05) is 12.1 Å². The van der Waals surface area contributed by atoms with Crippen LogP contribution in [-0.4, -0.2) is 26.4 Å². The Balaban J connectivity index is 2.22. The van der Waals surface area contributed by atoms with Gasteiger partial charge < -0.3 is 14.8 Å². The number of hydrogen-bond donors (Lipinski definition) is 1. The highest BCUT2D eigenvalue weighted by Crippen LogP contribution is 2.30. The first kappa shape index (κ1) is 12.4. The molecule has 0 aromatic heterocycles. The Morgan fingerprint density at radius 1 is 1.67 bits per heavy atom. The van der Waals surface area contributed by atoms with Gasteiger partial charge in [-0.15, -0.1) is 0 Å². The van der Waals surface area contributed by atoms with Crippen molar-refractivity contribution in [2.24, 2.45) is 0 Å². The minimum absolute atomic E-state index is 0.116. The molecule has 5 heteroatoms. The maximum Gasteiger partial charge on any atom is 0.406 e. The van der Waals surface area contributed by atoms with Crippen LogP contribution in [0.3, 0.4) is 0 Å². The molecule has 1 aromatic carbocycles. The van der Waals surface area contributed by atoms with Gasteiger partial charge in [0.05, 0.1) is 18.2 Å². The van der Waals surface area contributed by atoms with Crippen molar-refractivity contribution in [3.8, 4) is 6.07 Å². The molecule has 5 nitrogen and oxygen atoms in total. The lowest BCUT2D eigenvalue weighted by Gasteiger charge is -2.26. The molecule has 2 rings (SSSR count). The van der Waals surface area contributed by atoms with Crippen LogP contribution < -0.4 is 5.32 Å². The molecule has 1 N–H and O–H groups in total. The van der Waals surface area contributed by atoms with Crippen molar-refractivity contribution in [1.29, 1.82) is 5.26 Å². The van der Waals surface area contributed by atoms with E-state index in [4.69, 9.17) is 14.7 Å². The summed E-state index contributed by atoms with van der Waals surface area (Å²) in [5.74, 6) is 0. The summed E-state index contributed by atoms with van der Waals surface area (Å²) in [6.45, 7) is 0.690. The van der Waals surface area contributed by atoms with Gasteiger partial charge in [-0.2, -0.15) is 5.26 Å². The van der Waals surface area contributed by atoms with Crippen LogP contribution >= 0.6 is 0 Å². The first-order valence-electron chi connectivity index (χ1n) is 5.74. The maximum absolute atomic E-state index is 11.1. The van der Waals surface area contributed by atoms with Crippen LogP contribution in [0.4, 0.5) is 4.79 Å². The molecule has 0 aliphatic carbocycles. The lowest BCUT2D eigenvalue weighted by atomic mass is 9.93. The van der Waals surface area contributed by atoms with Crippen LogP contribution in [0, 0.1) is 11.3 Å². The largest absolute Gasteiger partial charge is 0.446 e. The summed E-state index contributed by atoms with van der Waals surface area (Å²) in [5.41, 5.74) is 2.51. The van der Waals surface area contributed by atoms with E-state index in [2.05, 4.69) is 11.4 Å². The van der Waals surface area contributed by atoms with Gasteiger partial charge in [0.2, 0.25) is 0 Å². The molecule has 0 fully saturated rings. The fraction of sp³-hybridized carbons (Fsp3) is 0.385. The van der Waals surface area contributed by atoms with Crippen LogP contribution in [0.15, 0.2) is 18.2 Å². The second kappa shape index (κ2) is 5.52. The Bertz CT molecular complexity index is 493. The van der Waals surface area contributed by atoms with Crippen LogP contribution in [0.5, 0.6) is 0 Å². The Hall–Kier alpha value is -2.06. The predicted octanol–water partition coefficient (Wildman–Crippen LogP) is 1.53. The number of amides is 1. The third kappa shape index (κ3) is 2.44. The molecule has 1 heterocycles. The van der Waals surface area contributed by atoms with Gasteiger partial charge in [0.1, 0.15) is 12.7 Å². The molecule has 1 unspecified atom stereocenters. The van der Waals surface area contributed by atoms with E-state index in [1.54, 1.807) is 6.07 Å². The molecule has 1 amide bonds. The van der Waals surface area contributed by atoms with Gasteiger partial charge in [-0.3, -0.25) is 0 Å². The van der Waals surface area contributed by atoms with Crippen LogP contribution in [0.1, 0.15) is 22.8 Å². The fourth-order valence-corrected chi connectivity index (χ4v) is 2.06. The predicted molar refractivity (Wildman–Crippen MR) is 64.0 cm³/mol. The van der Waals surface area contributed by atoms with E-state index in [0.29, 0.717) is 12.2 Å². The maximum atomic E-state index is 11.1. The second-order valence-electron chi connectivity index (χ2n) is 3.95. The summed E-state index contributed by atoms with van der Waals surface area (Å²) in [5, 5.41) is 11.5. The standard InChI is InChI=1S/C13H14N2O3/c1-15-13(16)18-8-11-12-9(5-6-17-11)3-2-4-10(12)7-14/h2-4,11H,5-6,8H2,1H3,(H,15,16). The molecule has 0 saturated heterocycles. The van der Waals surface area contributed by atoms with E-state index in [9.17, 15) is 4.79 Å². The molecule has 0 radical (unpaired) electrons. The highest BCUT2D eigenvalue weighted by molar-refractivity contribution is 5.66. The van der Waals surface area contributed by atoms with Crippen molar-refractivity contribution in [2.45, 2.75) is 12.5 Å². The van der Waals surface area contributed by atoms with E-state index in [0.717, 1.165) is 17.5 Å². The summed E-state index contributed by atoms with van der Waals surface area (Å²) >= 11 is 0. The van der Waals surface area contributed by atoms with Gasteiger partial charge in [-0.05, 0) is 18.1 Å². The van der Waals surface area contributed by atoms with Gasteiger partial charge in [0, 0.05) is 12.6 Å². The van der Waals surface area contributed by atoms with Crippen LogP contribution in [0.25, 0.3) is 0 Å². The molecule has 1 aromatic rings. The van der Waals surface area contributed by atoms with E-state index < -0.39 is 6.09 Å². The van der Waals surface area contributed by atoms with E-state index in [1.807, 2.05) is 12.1 Å². The van der Waals surface area contributed by atoms with Crippen LogP contribution in [0.2, 0.25) is 0 Å².